The Labute approximate surface area is 353 Å². The minimum atomic E-state index is -2.35. The van der Waals surface area contributed by atoms with Crippen molar-refractivity contribution >= 4 is 29.8 Å². The number of ketones is 1. The zero-order valence-electron chi connectivity index (χ0n) is 35.4. The maximum atomic E-state index is 14.9. The van der Waals surface area contributed by atoms with Crippen molar-refractivity contribution in [2.75, 3.05) is 6.61 Å². The van der Waals surface area contributed by atoms with Gasteiger partial charge in [0.1, 0.15) is 35.6 Å². The molecule has 0 radical (unpaired) electrons. The fourth-order valence-corrected chi connectivity index (χ4v) is 9.56. The van der Waals surface area contributed by atoms with Crippen LogP contribution in [0.4, 0.5) is 4.79 Å². The molecule has 2 unspecified atom stereocenters. The van der Waals surface area contributed by atoms with Crippen LogP contribution in [0, 0.1) is 16.7 Å². The lowest BCUT2D eigenvalue weighted by atomic mass is 9.44. The van der Waals surface area contributed by atoms with Crippen LogP contribution in [0.1, 0.15) is 90.2 Å². The minimum absolute atomic E-state index is 0. The van der Waals surface area contributed by atoms with E-state index in [-0.39, 0.29) is 46.2 Å². The summed E-state index contributed by atoms with van der Waals surface area (Å²) >= 11 is 0. The second-order valence-electron chi connectivity index (χ2n) is 17.6. The zero-order valence-corrected chi connectivity index (χ0v) is 35.4. The number of ether oxygens (including phenoxy) is 5. The quantitative estimate of drug-likeness (QED) is 0.139. The Bertz CT molecular complexity index is 1980. The summed E-state index contributed by atoms with van der Waals surface area (Å²) in [5.41, 5.74) is -8.14. The molecule has 3 aliphatic carbocycles. The molecule has 0 aromatic heterocycles. The predicted molar refractivity (Wildman–Crippen MR) is 214 cm³/mol. The summed E-state index contributed by atoms with van der Waals surface area (Å²) in [6, 6.07) is 14.6. The van der Waals surface area contributed by atoms with Gasteiger partial charge in [-0.25, -0.2) is 14.4 Å². The van der Waals surface area contributed by atoms with E-state index in [0.717, 1.165) is 6.92 Å². The SMILES string of the molecule is CC(=O)O[C@@]12CO[C@@H]1C[C@H](O)[C@@]1(C)C(=O)[C@H](O)C3=C(C)[C@@H](OC(=O)[C@H](O)[C@@H](NC(=O)OC(C)(C)C)c4ccccc4)C[C@@](O)(C(OC(=O)c4ccccc4)C12)C3(C)C.O.O.O. The first-order valence-corrected chi connectivity index (χ1v) is 19.3. The van der Waals surface area contributed by atoms with Crippen LogP contribution in [0.15, 0.2) is 71.8 Å². The number of benzene rings is 2. The van der Waals surface area contributed by atoms with Gasteiger partial charge >= 0.3 is 24.0 Å². The summed E-state index contributed by atoms with van der Waals surface area (Å²) in [4.78, 5) is 68.9. The van der Waals surface area contributed by atoms with E-state index in [0.29, 0.717) is 5.56 Å². The standard InChI is InChI=1S/C43H53NO14.3H2O/c1-22-26(55-37(51)32(48)30(24-15-11-9-12-16-24)44-38(52)58-39(3,4)5)20-43(53)35(56-36(50)25-17-13-10-14-18-25)33-41(8,34(49)31(47)29(22)40(43,6)7)27(46)19-28-42(33,21-54-28)57-23(2)45;;;/h9-18,26-28,30-33,35,46-48,53H,19-21H2,1-8H3,(H,44,52);3*1H2/t26-,27-,28+,30-,31+,32+,33?,35?,41+,42-,43+;;;/m0.../s1. The van der Waals surface area contributed by atoms with Crippen LogP contribution in [-0.4, -0.2) is 127 Å². The maximum Gasteiger partial charge on any atom is 0.408 e. The van der Waals surface area contributed by atoms with Crippen molar-refractivity contribution in [2.45, 2.75) is 128 Å². The van der Waals surface area contributed by atoms with Crippen LogP contribution in [-0.2, 0) is 38.1 Å². The fourth-order valence-electron chi connectivity index (χ4n) is 9.56. The van der Waals surface area contributed by atoms with E-state index in [1.54, 1.807) is 83.1 Å². The summed E-state index contributed by atoms with van der Waals surface area (Å²) in [7, 11) is 0. The Morgan fingerprint density at radius 1 is 0.918 bits per heavy atom. The number of hydrogen-bond donors (Lipinski definition) is 5. The maximum absolute atomic E-state index is 14.9. The lowest BCUT2D eigenvalue weighted by Crippen LogP contribution is -2.81. The number of alkyl carbamates (subject to hydrolysis) is 1. The van der Waals surface area contributed by atoms with E-state index >= 15 is 0 Å². The molecule has 61 heavy (non-hydrogen) atoms. The van der Waals surface area contributed by atoms with E-state index in [4.69, 9.17) is 23.7 Å². The largest absolute Gasteiger partial charge is 0.456 e. The van der Waals surface area contributed by atoms with Gasteiger partial charge in [-0.05, 0) is 63.5 Å². The Morgan fingerprint density at radius 3 is 2.02 bits per heavy atom. The number of rotatable bonds is 8. The Balaban J connectivity index is 0.00000331. The molecule has 3 fully saturated rings. The van der Waals surface area contributed by atoms with E-state index in [1.807, 2.05) is 0 Å². The number of carbonyl (C=O) groups is 5. The molecule has 4 aliphatic rings. The third-order valence-electron chi connectivity index (χ3n) is 12.6. The summed E-state index contributed by atoms with van der Waals surface area (Å²) < 4.78 is 29.5. The van der Waals surface area contributed by atoms with Gasteiger partial charge in [0, 0.05) is 25.2 Å². The molecular formula is C43H59NO17. The summed E-state index contributed by atoms with van der Waals surface area (Å²) in [6.07, 6.45) is -11.5. The van der Waals surface area contributed by atoms with Crippen molar-refractivity contribution in [1.82, 2.24) is 5.32 Å². The number of Topliss-reactive ketones (excluding diaryl/α,β-unsaturated/α-hetero) is 1. The Hall–Kier alpha value is -4.79. The normalized spacial score (nSPS) is 32.0. The fraction of sp³-hybridized carbons (Fsp3) is 0.558. The van der Waals surface area contributed by atoms with E-state index in [1.165, 1.54) is 26.0 Å². The lowest BCUT2D eigenvalue weighted by Gasteiger charge is -2.67. The molecule has 2 aromatic rings. The molecule has 2 bridgehead atoms. The molecule has 2 aromatic carbocycles. The topological polar surface area (TPSA) is 319 Å². The van der Waals surface area contributed by atoms with Gasteiger partial charge in [-0.2, -0.15) is 0 Å². The van der Waals surface area contributed by atoms with Gasteiger partial charge in [-0.3, -0.25) is 9.59 Å². The minimum Gasteiger partial charge on any atom is -0.456 e. The molecule has 1 aliphatic heterocycles. The molecule has 0 spiro atoms. The van der Waals surface area contributed by atoms with E-state index in [9.17, 15) is 44.4 Å². The first-order valence-electron chi connectivity index (χ1n) is 19.3. The number of aliphatic hydroxyl groups is 4. The highest BCUT2D eigenvalue weighted by Gasteiger charge is 2.78. The number of fused-ring (bicyclic) bond motifs is 5. The van der Waals surface area contributed by atoms with Crippen LogP contribution >= 0.6 is 0 Å². The van der Waals surface area contributed by atoms with Gasteiger partial charge in [0.05, 0.1) is 35.6 Å². The zero-order chi connectivity index (χ0) is 42.7. The Kier molecular flexibility index (Phi) is 14.8. The van der Waals surface area contributed by atoms with Crippen molar-refractivity contribution in [3.05, 3.63) is 82.9 Å². The van der Waals surface area contributed by atoms with Crippen molar-refractivity contribution in [3.8, 4) is 0 Å². The molecular weight excluding hydrogens is 802 g/mol. The monoisotopic (exact) mass is 861 g/mol. The van der Waals surface area contributed by atoms with Gasteiger partial charge in [-0.15, -0.1) is 0 Å². The summed E-state index contributed by atoms with van der Waals surface area (Å²) in [6.45, 7) is 11.8. The van der Waals surface area contributed by atoms with Gasteiger partial charge in [0.15, 0.2) is 17.5 Å². The summed E-state index contributed by atoms with van der Waals surface area (Å²) in [5.74, 6) is -5.36. The highest BCUT2D eigenvalue weighted by atomic mass is 16.6. The molecule has 18 heteroatoms. The first kappa shape index (κ1) is 50.6. The average molecular weight is 862 g/mol. The van der Waals surface area contributed by atoms with Crippen molar-refractivity contribution in [3.63, 3.8) is 0 Å². The Morgan fingerprint density at radius 2 is 1.49 bits per heavy atom. The highest BCUT2D eigenvalue weighted by Crippen LogP contribution is 2.64. The number of esters is 3. The molecule has 18 nitrogen and oxygen atoms in total. The smallest absolute Gasteiger partial charge is 0.408 e. The first-order chi connectivity index (χ1) is 27.0. The van der Waals surface area contributed by atoms with Crippen molar-refractivity contribution < 1.29 is 84.5 Å². The summed E-state index contributed by atoms with van der Waals surface area (Å²) in [5, 5.41) is 51.6. The van der Waals surface area contributed by atoms with Crippen LogP contribution < -0.4 is 5.32 Å². The number of carbonyl (C=O) groups excluding carboxylic acids is 5. The molecule has 1 heterocycles. The molecule has 6 rings (SSSR count). The van der Waals surface area contributed by atoms with Crippen LogP contribution in [0.5, 0.6) is 0 Å². The number of amides is 1. The third kappa shape index (κ3) is 8.55. The van der Waals surface area contributed by atoms with Crippen molar-refractivity contribution in [2.24, 2.45) is 16.7 Å². The lowest BCUT2D eigenvalue weighted by molar-refractivity contribution is -0.346. The van der Waals surface area contributed by atoms with Gasteiger partial charge < -0.3 is 65.9 Å². The van der Waals surface area contributed by atoms with Gasteiger partial charge in [-0.1, -0.05) is 62.4 Å². The molecule has 11 N–H and O–H groups in total. The van der Waals surface area contributed by atoms with Crippen LogP contribution in [0.3, 0.4) is 0 Å². The molecule has 11 atom stereocenters. The molecule has 1 amide bonds. The van der Waals surface area contributed by atoms with E-state index in [2.05, 4.69) is 5.32 Å². The van der Waals surface area contributed by atoms with Crippen LogP contribution in [0.2, 0.25) is 0 Å². The highest BCUT2D eigenvalue weighted by molar-refractivity contribution is 5.94. The third-order valence-corrected chi connectivity index (χ3v) is 12.6. The average Bonchev–Trinajstić information content (AvgIpc) is 3.14. The second kappa shape index (κ2) is 17.9. The van der Waals surface area contributed by atoms with Crippen molar-refractivity contribution in [1.29, 1.82) is 0 Å². The number of nitrogens with one attached hydrogen (secondary N) is 1. The molecule has 2 saturated carbocycles. The van der Waals surface area contributed by atoms with Gasteiger partial charge in [0.2, 0.25) is 0 Å². The van der Waals surface area contributed by atoms with Crippen LogP contribution in [0.25, 0.3) is 0 Å². The predicted octanol–water partition coefficient (Wildman–Crippen LogP) is 0.786. The second-order valence-corrected chi connectivity index (χ2v) is 17.6. The molecule has 338 valence electrons. The molecule has 1 saturated heterocycles. The van der Waals surface area contributed by atoms with E-state index < -0.39 is 112 Å². The number of hydrogen-bond acceptors (Lipinski definition) is 14. The number of aliphatic hydroxyl groups excluding tert-OH is 3. The van der Waals surface area contributed by atoms with Gasteiger partial charge in [0.25, 0.3) is 0 Å².